The molecule has 0 unspecified atom stereocenters. The summed E-state index contributed by atoms with van der Waals surface area (Å²) in [5.74, 6) is 0.0221. The van der Waals surface area contributed by atoms with Crippen LogP contribution in [0.5, 0.6) is 5.75 Å². The van der Waals surface area contributed by atoms with Crippen molar-refractivity contribution in [1.82, 2.24) is 15.8 Å². The van der Waals surface area contributed by atoms with Crippen molar-refractivity contribution in [1.29, 1.82) is 0 Å². The highest BCUT2D eigenvalue weighted by Crippen LogP contribution is 2.25. The van der Waals surface area contributed by atoms with Crippen molar-refractivity contribution in [3.63, 3.8) is 0 Å². The van der Waals surface area contributed by atoms with Gasteiger partial charge in [-0.2, -0.15) is 0 Å². The Morgan fingerprint density at radius 3 is 2.67 bits per heavy atom. The average molecular weight is 283 g/mol. The van der Waals surface area contributed by atoms with Gasteiger partial charge in [0.25, 0.3) is 11.8 Å². The van der Waals surface area contributed by atoms with E-state index < -0.39 is 5.91 Å². The standard InChI is InChI=1S/C15H13N3O3/c19-14(11-3-4-13-10(8-11)5-7-21-13)17-18-15(20)12-2-1-6-16-9-12/h1-4,6,8-9H,5,7H2,(H,17,19)(H,18,20). The number of aromatic nitrogens is 1. The quantitative estimate of drug-likeness (QED) is 0.809. The van der Waals surface area contributed by atoms with Gasteiger partial charge < -0.3 is 4.74 Å². The molecule has 0 radical (unpaired) electrons. The van der Waals surface area contributed by atoms with Gasteiger partial charge in [0.1, 0.15) is 5.75 Å². The molecular weight excluding hydrogens is 270 g/mol. The molecule has 1 aliphatic rings. The zero-order chi connectivity index (χ0) is 14.7. The Bertz CT molecular complexity index is 686. The Kier molecular flexibility index (Phi) is 3.51. The largest absolute Gasteiger partial charge is 0.493 e. The lowest BCUT2D eigenvalue weighted by Crippen LogP contribution is -2.41. The van der Waals surface area contributed by atoms with Crippen molar-refractivity contribution in [2.45, 2.75) is 6.42 Å². The van der Waals surface area contributed by atoms with Crippen molar-refractivity contribution < 1.29 is 14.3 Å². The van der Waals surface area contributed by atoms with Crippen LogP contribution >= 0.6 is 0 Å². The first-order valence-corrected chi connectivity index (χ1v) is 6.50. The van der Waals surface area contributed by atoms with Gasteiger partial charge in [0, 0.05) is 24.4 Å². The van der Waals surface area contributed by atoms with Gasteiger partial charge in [-0.05, 0) is 35.9 Å². The molecule has 0 bridgehead atoms. The summed E-state index contributed by atoms with van der Waals surface area (Å²) in [6.07, 6.45) is 3.79. The molecule has 6 heteroatoms. The first kappa shape index (κ1) is 13.1. The average Bonchev–Trinajstić information content (AvgIpc) is 3.00. The maximum Gasteiger partial charge on any atom is 0.271 e. The number of amides is 2. The number of nitrogens with zero attached hydrogens (tertiary/aromatic N) is 1. The van der Waals surface area contributed by atoms with Gasteiger partial charge in [-0.25, -0.2) is 0 Å². The molecular formula is C15H13N3O3. The van der Waals surface area contributed by atoms with Crippen LogP contribution in [0.1, 0.15) is 26.3 Å². The summed E-state index contributed by atoms with van der Waals surface area (Å²) in [5, 5.41) is 0. The molecule has 0 spiro atoms. The molecule has 0 aliphatic carbocycles. The van der Waals surface area contributed by atoms with Gasteiger partial charge in [-0.15, -0.1) is 0 Å². The van der Waals surface area contributed by atoms with Crippen molar-refractivity contribution in [2.24, 2.45) is 0 Å². The number of hydrogen-bond donors (Lipinski definition) is 2. The first-order valence-electron chi connectivity index (χ1n) is 6.50. The number of carbonyl (C=O) groups excluding carboxylic acids is 2. The highest BCUT2D eigenvalue weighted by Gasteiger charge is 2.15. The summed E-state index contributed by atoms with van der Waals surface area (Å²) in [4.78, 5) is 27.6. The van der Waals surface area contributed by atoms with Crippen molar-refractivity contribution in [2.75, 3.05) is 6.61 Å². The van der Waals surface area contributed by atoms with Gasteiger partial charge in [0.2, 0.25) is 0 Å². The number of pyridine rings is 1. The molecule has 1 aliphatic heterocycles. The third-order valence-electron chi connectivity index (χ3n) is 3.16. The molecule has 106 valence electrons. The van der Waals surface area contributed by atoms with Gasteiger partial charge >= 0.3 is 0 Å². The number of nitrogens with one attached hydrogen (secondary N) is 2. The third-order valence-corrected chi connectivity index (χ3v) is 3.16. The van der Waals surface area contributed by atoms with Gasteiger partial charge in [-0.1, -0.05) is 0 Å². The first-order chi connectivity index (χ1) is 10.2. The summed E-state index contributed by atoms with van der Waals surface area (Å²) in [6, 6.07) is 8.46. The van der Waals surface area contributed by atoms with E-state index in [0.717, 1.165) is 17.7 Å². The van der Waals surface area contributed by atoms with E-state index in [0.29, 0.717) is 17.7 Å². The van der Waals surface area contributed by atoms with E-state index >= 15 is 0 Å². The van der Waals surface area contributed by atoms with Crippen molar-refractivity contribution >= 4 is 11.8 Å². The lowest BCUT2D eigenvalue weighted by atomic mass is 10.1. The third kappa shape index (κ3) is 2.84. The Morgan fingerprint density at radius 1 is 1.10 bits per heavy atom. The highest BCUT2D eigenvalue weighted by atomic mass is 16.5. The Balaban J connectivity index is 1.63. The maximum absolute atomic E-state index is 12.0. The van der Waals surface area contributed by atoms with Crippen LogP contribution in [0.15, 0.2) is 42.7 Å². The van der Waals surface area contributed by atoms with Crippen LogP contribution < -0.4 is 15.6 Å². The molecule has 0 atom stereocenters. The fourth-order valence-corrected chi connectivity index (χ4v) is 2.08. The fourth-order valence-electron chi connectivity index (χ4n) is 2.08. The number of fused-ring (bicyclic) bond motifs is 1. The molecule has 0 fully saturated rings. The Labute approximate surface area is 121 Å². The molecule has 2 N–H and O–H groups in total. The molecule has 1 aromatic carbocycles. The van der Waals surface area contributed by atoms with Gasteiger partial charge in [0.05, 0.1) is 12.2 Å². The fraction of sp³-hybridized carbons (Fsp3) is 0.133. The van der Waals surface area contributed by atoms with Gasteiger partial charge in [0.15, 0.2) is 0 Å². The molecule has 2 amide bonds. The van der Waals surface area contributed by atoms with Crippen LogP contribution in [-0.2, 0) is 6.42 Å². The summed E-state index contributed by atoms with van der Waals surface area (Å²) in [6.45, 7) is 0.637. The van der Waals surface area contributed by atoms with Gasteiger partial charge in [-0.3, -0.25) is 25.4 Å². The molecule has 1 aromatic heterocycles. The SMILES string of the molecule is O=C(NNC(=O)c1ccc2c(c1)CCO2)c1cccnc1. The highest BCUT2D eigenvalue weighted by molar-refractivity contribution is 5.99. The number of benzene rings is 1. The number of hydrazine groups is 1. The minimum absolute atomic E-state index is 0.373. The molecule has 6 nitrogen and oxygen atoms in total. The minimum Gasteiger partial charge on any atom is -0.493 e. The molecule has 2 heterocycles. The zero-order valence-corrected chi connectivity index (χ0v) is 11.1. The second-order valence-electron chi connectivity index (χ2n) is 4.57. The van der Waals surface area contributed by atoms with E-state index in [1.54, 1.807) is 36.5 Å². The van der Waals surface area contributed by atoms with Crippen molar-refractivity contribution in [3.8, 4) is 5.75 Å². The minimum atomic E-state index is -0.416. The van der Waals surface area contributed by atoms with E-state index in [2.05, 4.69) is 15.8 Å². The second-order valence-corrected chi connectivity index (χ2v) is 4.57. The zero-order valence-electron chi connectivity index (χ0n) is 11.1. The molecule has 0 saturated heterocycles. The predicted molar refractivity (Wildman–Crippen MR) is 74.8 cm³/mol. The normalized spacial score (nSPS) is 12.2. The van der Waals surface area contributed by atoms with E-state index in [1.165, 1.54) is 6.20 Å². The van der Waals surface area contributed by atoms with Crippen LogP contribution in [0.4, 0.5) is 0 Å². The monoisotopic (exact) mass is 283 g/mol. The van der Waals surface area contributed by atoms with E-state index in [-0.39, 0.29) is 5.91 Å². The van der Waals surface area contributed by atoms with E-state index in [4.69, 9.17) is 4.74 Å². The van der Waals surface area contributed by atoms with Crippen LogP contribution in [0, 0.1) is 0 Å². The lowest BCUT2D eigenvalue weighted by molar-refractivity contribution is 0.0846. The van der Waals surface area contributed by atoms with E-state index in [9.17, 15) is 9.59 Å². The summed E-state index contributed by atoms with van der Waals surface area (Å²) < 4.78 is 5.38. The maximum atomic E-state index is 12.0. The number of ether oxygens (including phenoxy) is 1. The summed E-state index contributed by atoms with van der Waals surface area (Å²) >= 11 is 0. The number of hydrogen-bond acceptors (Lipinski definition) is 4. The van der Waals surface area contributed by atoms with Crippen LogP contribution in [0.25, 0.3) is 0 Å². The predicted octanol–water partition coefficient (Wildman–Crippen LogP) is 1.09. The van der Waals surface area contributed by atoms with E-state index in [1.807, 2.05) is 0 Å². The Morgan fingerprint density at radius 2 is 1.90 bits per heavy atom. The van der Waals surface area contributed by atoms with Crippen LogP contribution in [0.2, 0.25) is 0 Å². The second kappa shape index (κ2) is 5.62. The summed E-state index contributed by atoms with van der Waals surface area (Å²) in [7, 11) is 0. The number of rotatable bonds is 2. The van der Waals surface area contributed by atoms with Crippen LogP contribution in [0.3, 0.4) is 0 Å². The van der Waals surface area contributed by atoms with Crippen LogP contribution in [-0.4, -0.2) is 23.4 Å². The lowest BCUT2D eigenvalue weighted by Gasteiger charge is -2.08. The number of carbonyl (C=O) groups is 2. The molecule has 3 rings (SSSR count). The Hall–Kier alpha value is -2.89. The summed E-state index contributed by atoms with van der Waals surface area (Å²) in [5.41, 5.74) is 6.59. The van der Waals surface area contributed by atoms with Crippen molar-refractivity contribution in [3.05, 3.63) is 59.4 Å². The molecule has 21 heavy (non-hydrogen) atoms. The molecule has 0 saturated carbocycles. The smallest absolute Gasteiger partial charge is 0.271 e. The topological polar surface area (TPSA) is 80.3 Å². The molecule has 2 aromatic rings.